The first-order valence-electron chi connectivity index (χ1n) is 7.33. The molecule has 2 rings (SSSR count). The molecule has 0 amide bonds. The molecule has 0 bridgehead atoms. The number of nitrogens with zero attached hydrogens (tertiary/aromatic N) is 2. The highest BCUT2D eigenvalue weighted by atomic mass is 32.2. The number of carboxylic acids is 1. The Balaban J connectivity index is 2.06. The molecule has 1 aromatic rings. The van der Waals surface area contributed by atoms with Crippen molar-refractivity contribution < 1.29 is 36.2 Å². The summed E-state index contributed by atoms with van der Waals surface area (Å²) in [6.07, 6.45) is -4.85. The summed E-state index contributed by atoms with van der Waals surface area (Å²) in [5.41, 5.74) is 0. The largest absolute Gasteiger partial charge is 0.573 e. The van der Waals surface area contributed by atoms with E-state index in [1.807, 2.05) is 0 Å². The van der Waals surface area contributed by atoms with Crippen LogP contribution in [0.4, 0.5) is 13.2 Å². The fourth-order valence-electron chi connectivity index (χ4n) is 2.45. The molecule has 25 heavy (non-hydrogen) atoms. The molecule has 0 aromatic heterocycles. The number of benzene rings is 1. The molecule has 0 radical (unpaired) electrons. The summed E-state index contributed by atoms with van der Waals surface area (Å²) in [6, 6.07) is 3.24. The van der Waals surface area contributed by atoms with E-state index in [0.717, 1.165) is 24.3 Å². The normalized spacial score (nSPS) is 18.7. The van der Waals surface area contributed by atoms with Crippen molar-refractivity contribution in [1.82, 2.24) is 9.21 Å². The lowest BCUT2D eigenvalue weighted by Gasteiger charge is -2.35. The predicted octanol–water partition coefficient (Wildman–Crippen LogP) is 1.36. The molecule has 1 aliphatic heterocycles. The first-order valence-corrected chi connectivity index (χ1v) is 8.77. The van der Waals surface area contributed by atoms with Crippen molar-refractivity contribution >= 4 is 16.0 Å². The molecular formula is C14H17F3N2O5S. The molecule has 1 aliphatic rings. The minimum atomic E-state index is -4.85. The average molecular weight is 382 g/mol. The first-order chi connectivity index (χ1) is 11.5. The zero-order chi connectivity index (χ0) is 18.8. The van der Waals surface area contributed by atoms with Crippen LogP contribution < -0.4 is 4.74 Å². The Morgan fingerprint density at radius 2 is 1.68 bits per heavy atom. The van der Waals surface area contributed by atoms with Gasteiger partial charge in [-0.05, 0) is 31.2 Å². The number of carbonyl (C=O) groups is 1. The second kappa shape index (κ2) is 7.18. The Morgan fingerprint density at radius 1 is 1.16 bits per heavy atom. The predicted molar refractivity (Wildman–Crippen MR) is 80.6 cm³/mol. The third kappa shape index (κ3) is 4.83. The SMILES string of the molecule is C[C@H](C(=O)O)N1CCN(S(=O)(=O)c2ccc(OC(F)(F)F)cc2)CC1. The summed E-state index contributed by atoms with van der Waals surface area (Å²) in [6.45, 7) is 2.22. The maximum Gasteiger partial charge on any atom is 0.573 e. The smallest absolute Gasteiger partial charge is 0.480 e. The minimum Gasteiger partial charge on any atom is -0.480 e. The standard InChI is InChI=1S/C14H17F3N2O5S/c1-10(13(20)21)18-6-8-19(9-7-18)25(22,23)12-4-2-11(3-5-12)24-14(15,16)17/h2-5,10H,6-9H2,1H3,(H,20,21)/t10-/m1/s1. The van der Waals surface area contributed by atoms with Crippen molar-refractivity contribution in [2.75, 3.05) is 26.2 Å². The number of piperazine rings is 1. The fraction of sp³-hybridized carbons (Fsp3) is 0.500. The van der Waals surface area contributed by atoms with Crippen LogP contribution >= 0.6 is 0 Å². The van der Waals surface area contributed by atoms with Gasteiger partial charge < -0.3 is 9.84 Å². The lowest BCUT2D eigenvalue weighted by molar-refractivity contribution is -0.274. The van der Waals surface area contributed by atoms with E-state index in [4.69, 9.17) is 5.11 Å². The molecule has 7 nitrogen and oxygen atoms in total. The van der Waals surface area contributed by atoms with Gasteiger partial charge in [0.05, 0.1) is 4.90 Å². The van der Waals surface area contributed by atoms with E-state index in [2.05, 4.69) is 4.74 Å². The van der Waals surface area contributed by atoms with Crippen LogP contribution in [0.5, 0.6) is 5.75 Å². The first kappa shape index (κ1) is 19.5. The highest BCUT2D eigenvalue weighted by molar-refractivity contribution is 7.89. The molecule has 140 valence electrons. The van der Waals surface area contributed by atoms with Gasteiger partial charge in [-0.25, -0.2) is 8.42 Å². The number of rotatable bonds is 5. The van der Waals surface area contributed by atoms with Gasteiger partial charge in [0.25, 0.3) is 0 Å². The van der Waals surface area contributed by atoms with Gasteiger partial charge in [0.1, 0.15) is 11.8 Å². The van der Waals surface area contributed by atoms with Gasteiger partial charge in [0.15, 0.2) is 0 Å². The van der Waals surface area contributed by atoms with E-state index in [-0.39, 0.29) is 31.1 Å². The Morgan fingerprint density at radius 3 is 2.12 bits per heavy atom. The van der Waals surface area contributed by atoms with Crippen molar-refractivity contribution in [3.8, 4) is 5.75 Å². The number of halogens is 3. The van der Waals surface area contributed by atoms with Gasteiger partial charge in [-0.1, -0.05) is 0 Å². The van der Waals surface area contributed by atoms with Crippen molar-refractivity contribution in [2.24, 2.45) is 0 Å². The van der Waals surface area contributed by atoms with Crippen LogP contribution in [0, 0.1) is 0 Å². The minimum absolute atomic E-state index is 0.0980. The highest BCUT2D eigenvalue weighted by Gasteiger charge is 2.33. The Labute approximate surface area is 142 Å². The number of sulfonamides is 1. The van der Waals surface area contributed by atoms with Gasteiger partial charge in [-0.2, -0.15) is 4.31 Å². The Bertz CT molecular complexity index is 713. The molecule has 1 heterocycles. The summed E-state index contributed by atoms with van der Waals surface area (Å²) in [5, 5.41) is 8.98. The molecular weight excluding hydrogens is 365 g/mol. The number of alkyl halides is 3. The lowest BCUT2D eigenvalue weighted by atomic mass is 10.2. The lowest BCUT2D eigenvalue weighted by Crippen LogP contribution is -2.53. The maximum atomic E-state index is 12.5. The summed E-state index contributed by atoms with van der Waals surface area (Å²) in [7, 11) is -3.87. The molecule has 1 saturated heterocycles. The molecule has 1 atom stereocenters. The van der Waals surface area contributed by atoms with Crippen molar-refractivity contribution in [3.05, 3.63) is 24.3 Å². The van der Waals surface area contributed by atoms with Gasteiger partial charge in [-0.15, -0.1) is 13.2 Å². The van der Waals surface area contributed by atoms with Crippen LogP contribution in [0.1, 0.15) is 6.92 Å². The number of aliphatic carboxylic acids is 1. The topological polar surface area (TPSA) is 87.2 Å². The maximum absolute atomic E-state index is 12.5. The molecule has 0 aliphatic carbocycles. The molecule has 0 saturated carbocycles. The Kier molecular flexibility index (Phi) is 5.59. The van der Waals surface area contributed by atoms with Gasteiger partial charge in [-0.3, -0.25) is 9.69 Å². The van der Waals surface area contributed by atoms with Crippen molar-refractivity contribution in [2.45, 2.75) is 24.2 Å². The van der Waals surface area contributed by atoms with Gasteiger partial charge in [0.2, 0.25) is 10.0 Å². The van der Waals surface area contributed by atoms with E-state index in [0.29, 0.717) is 0 Å². The average Bonchev–Trinajstić information content (AvgIpc) is 2.53. The fourth-order valence-corrected chi connectivity index (χ4v) is 3.87. The molecule has 1 N–H and O–H groups in total. The van der Waals surface area contributed by atoms with Crippen LogP contribution in [-0.2, 0) is 14.8 Å². The van der Waals surface area contributed by atoms with E-state index in [1.54, 1.807) is 4.90 Å². The van der Waals surface area contributed by atoms with E-state index in [1.165, 1.54) is 11.2 Å². The van der Waals surface area contributed by atoms with Crippen LogP contribution in [0.2, 0.25) is 0 Å². The van der Waals surface area contributed by atoms with E-state index in [9.17, 15) is 26.4 Å². The molecule has 0 unspecified atom stereocenters. The van der Waals surface area contributed by atoms with Crippen LogP contribution in [-0.4, -0.2) is 67.3 Å². The van der Waals surface area contributed by atoms with Crippen LogP contribution in [0.15, 0.2) is 29.2 Å². The monoisotopic (exact) mass is 382 g/mol. The molecule has 0 spiro atoms. The van der Waals surface area contributed by atoms with Crippen LogP contribution in [0.3, 0.4) is 0 Å². The van der Waals surface area contributed by atoms with Gasteiger partial charge >= 0.3 is 12.3 Å². The van der Waals surface area contributed by atoms with Crippen molar-refractivity contribution in [3.63, 3.8) is 0 Å². The van der Waals surface area contributed by atoms with Crippen LogP contribution in [0.25, 0.3) is 0 Å². The summed E-state index contributed by atoms with van der Waals surface area (Å²) in [5.74, 6) is -1.50. The van der Waals surface area contributed by atoms with E-state index >= 15 is 0 Å². The number of carboxylic acid groups (broad SMARTS) is 1. The number of ether oxygens (including phenoxy) is 1. The molecule has 1 fully saturated rings. The summed E-state index contributed by atoms with van der Waals surface area (Å²) in [4.78, 5) is 12.5. The second-order valence-corrected chi connectivity index (χ2v) is 7.41. The van der Waals surface area contributed by atoms with Crippen molar-refractivity contribution in [1.29, 1.82) is 0 Å². The Hall–Kier alpha value is -1.85. The zero-order valence-corrected chi connectivity index (χ0v) is 14.0. The van der Waals surface area contributed by atoms with Gasteiger partial charge in [0, 0.05) is 26.2 Å². The highest BCUT2D eigenvalue weighted by Crippen LogP contribution is 2.25. The quantitative estimate of drug-likeness (QED) is 0.828. The number of hydrogen-bond acceptors (Lipinski definition) is 5. The molecule has 11 heteroatoms. The summed E-state index contributed by atoms with van der Waals surface area (Å²) < 4.78 is 66.3. The third-order valence-corrected chi connectivity index (χ3v) is 5.79. The number of hydrogen-bond donors (Lipinski definition) is 1. The zero-order valence-electron chi connectivity index (χ0n) is 13.2. The molecule has 1 aromatic carbocycles. The van der Waals surface area contributed by atoms with E-state index < -0.39 is 34.1 Å². The summed E-state index contributed by atoms with van der Waals surface area (Å²) >= 11 is 0. The third-order valence-electron chi connectivity index (χ3n) is 3.87. The second-order valence-electron chi connectivity index (χ2n) is 5.47.